The van der Waals surface area contributed by atoms with Gasteiger partial charge >= 0.3 is 0 Å². The molecule has 17 heavy (non-hydrogen) atoms. The highest BCUT2D eigenvalue weighted by atomic mass is 32.2. The number of rotatable bonds is 6. The van der Waals surface area contributed by atoms with Crippen molar-refractivity contribution in [2.24, 2.45) is 5.16 Å². The molecule has 0 saturated carbocycles. The largest absolute Gasteiger partial charge is 0.493 e. The van der Waals surface area contributed by atoms with Crippen molar-refractivity contribution in [2.75, 3.05) is 18.6 Å². The molecule has 0 aromatic heterocycles. The van der Waals surface area contributed by atoms with E-state index < -0.39 is 0 Å². The third kappa shape index (κ3) is 4.26. The van der Waals surface area contributed by atoms with Gasteiger partial charge in [0.15, 0.2) is 0 Å². The fourth-order valence-corrected chi connectivity index (χ4v) is 1.76. The van der Waals surface area contributed by atoms with Crippen LogP contribution >= 0.6 is 11.8 Å². The Balaban J connectivity index is 2.77. The van der Waals surface area contributed by atoms with Crippen LogP contribution < -0.4 is 4.74 Å². The monoisotopic (exact) mass is 257 g/mol. The number of benzene rings is 1. The Morgan fingerprint density at radius 1 is 1.53 bits per heavy atom. The van der Waals surface area contributed by atoms with E-state index in [1.807, 2.05) is 6.26 Å². The van der Waals surface area contributed by atoms with Gasteiger partial charge in [0.1, 0.15) is 11.6 Å². The van der Waals surface area contributed by atoms with E-state index in [0.717, 1.165) is 12.2 Å². The second-order valence-corrected chi connectivity index (χ2v) is 4.51. The second kappa shape index (κ2) is 7.17. The van der Waals surface area contributed by atoms with Crippen molar-refractivity contribution >= 4 is 17.5 Å². The Morgan fingerprint density at radius 3 is 2.94 bits per heavy atom. The lowest BCUT2D eigenvalue weighted by Crippen LogP contribution is -2.05. The summed E-state index contributed by atoms with van der Waals surface area (Å²) in [6.07, 6.45) is 2.92. The van der Waals surface area contributed by atoms with Crippen LogP contribution in [-0.2, 0) is 0 Å². The highest BCUT2D eigenvalue weighted by Gasteiger charge is 2.08. The minimum Gasteiger partial charge on any atom is -0.493 e. The highest BCUT2D eigenvalue weighted by Crippen LogP contribution is 2.21. The number of halogens is 1. The SMILES string of the molecule is CSCCCOc1cc(F)ccc1/C(C)=N/O. The molecule has 1 aromatic carbocycles. The zero-order valence-corrected chi connectivity index (χ0v) is 10.8. The molecule has 5 heteroatoms. The first-order valence-electron chi connectivity index (χ1n) is 5.29. The Hall–Kier alpha value is -1.23. The highest BCUT2D eigenvalue weighted by molar-refractivity contribution is 7.98. The fraction of sp³-hybridized carbons (Fsp3) is 0.417. The van der Waals surface area contributed by atoms with E-state index in [1.165, 1.54) is 12.1 Å². The van der Waals surface area contributed by atoms with Gasteiger partial charge in [-0.25, -0.2) is 4.39 Å². The molecule has 3 nitrogen and oxygen atoms in total. The van der Waals surface area contributed by atoms with E-state index in [-0.39, 0.29) is 5.82 Å². The Labute approximate surface area is 105 Å². The molecule has 1 rings (SSSR count). The van der Waals surface area contributed by atoms with Crippen LogP contribution in [0.25, 0.3) is 0 Å². The normalized spacial score (nSPS) is 11.6. The Kier molecular flexibility index (Phi) is 5.83. The summed E-state index contributed by atoms with van der Waals surface area (Å²) in [6, 6.07) is 4.18. The van der Waals surface area contributed by atoms with Crippen LogP contribution in [0.5, 0.6) is 5.75 Å². The van der Waals surface area contributed by atoms with Crippen LogP contribution in [0.3, 0.4) is 0 Å². The molecule has 0 fully saturated rings. The van der Waals surface area contributed by atoms with Crippen LogP contribution in [0.15, 0.2) is 23.4 Å². The molecular weight excluding hydrogens is 241 g/mol. The second-order valence-electron chi connectivity index (χ2n) is 3.52. The van der Waals surface area contributed by atoms with Crippen molar-refractivity contribution in [1.82, 2.24) is 0 Å². The number of ether oxygens (including phenoxy) is 1. The molecule has 0 bridgehead atoms. The zero-order valence-electron chi connectivity index (χ0n) is 9.94. The maximum Gasteiger partial charge on any atom is 0.131 e. The van der Waals surface area contributed by atoms with Crippen LogP contribution in [0.2, 0.25) is 0 Å². The van der Waals surface area contributed by atoms with Gasteiger partial charge in [-0.3, -0.25) is 0 Å². The molecule has 0 unspecified atom stereocenters. The van der Waals surface area contributed by atoms with Crippen molar-refractivity contribution in [1.29, 1.82) is 0 Å². The fourth-order valence-electron chi connectivity index (χ4n) is 1.35. The van der Waals surface area contributed by atoms with E-state index in [4.69, 9.17) is 9.94 Å². The number of thioether (sulfide) groups is 1. The smallest absolute Gasteiger partial charge is 0.131 e. The van der Waals surface area contributed by atoms with E-state index >= 15 is 0 Å². The molecular formula is C12H16FNO2S. The standard InChI is InChI=1S/C12H16FNO2S/c1-9(14-15)11-5-4-10(13)8-12(11)16-6-3-7-17-2/h4-5,8,15H,3,6-7H2,1-2H3/b14-9+. The van der Waals surface area contributed by atoms with Crippen molar-refractivity contribution in [3.63, 3.8) is 0 Å². The lowest BCUT2D eigenvalue weighted by molar-refractivity contribution is 0.311. The van der Waals surface area contributed by atoms with Gasteiger partial charge in [0, 0.05) is 11.6 Å². The van der Waals surface area contributed by atoms with E-state index in [9.17, 15) is 4.39 Å². The first-order valence-corrected chi connectivity index (χ1v) is 6.68. The molecule has 0 atom stereocenters. The molecule has 0 aliphatic rings. The molecule has 0 spiro atoms. The first kappa shape index (κ1) is 13.8. The van der Waals surface area contributed by atoms with E-state index in [0.29, 0.717) is 23.6 Å². The van der Waals surface area contributed by atoms with Gasteiger partial charge in [-0.05, 0) is 37.5 Å². The van der Waals surface area contributed by atoms with Gasteiger partial charge in [0.05, 0.1) is 12.3 Å². The van der Waals surface area contributed by atoms with E-state index in [1.54, 1.807) is 24.8 Å². The lowest BCUT2D eigenvalue weighted by Gasteiger charge is -2.10. The number of oxime groups is 1. The van der Waals surface area contributed by atoms with Crippen molar-refractivity contribution in [2.45, 2.75) is 13.3 Å². The molecule has 0 aliphatic carbocycles. The average Bonchev–Trinajstić information content (AvgIpc) is 2.34. The average molecular weight is 257 g/mol. The lowest BCUT2D eigenvalue weighted by atomic mass is 10.1. The molecule has 0 heterocycles. The van der Waals surface area contributed by atoms with Crippen LogP contribution in [0.4, 0.5) is 4.39 Å². The minimum absolute atomic E-state index is 0.362. The van der Waals surface area contributed by atoms with Gasteiger partial charge in [0.2, 0.25) is 0 Å². The molecule has 0 aliphatic heterocycles. The summed E-state index contributed by atoms with van der Waals surface area (Å²) in [7, 11) is 0. The summed E-state index contributed by atoms with van der Waals surface area (Å²) < 4.78 is 18.6. The zero-order chi connectivity index (χ0) is 12.7. The third-order valence-corrected chi connectivity index (χ3v) is 2.93. The summed E-state index contributed by atoms with van der Waals surface area (Å²) in [5.41, 5.74) is 1.02. The molecule has 94 valence electrons. The van der Waals surface area contributed by atoms with Crippen molar-refractivity contribution in [3.8, 4) is 5.75 Å². The first-order chi connectivity index (χ1) is 8.19. The predicted molar refractivity (Wildman–Crippen MR) is 68.9 cm³/mol. The van der Waals surface area contributed by atoms with E-state index in [2.05, 4.69) is 5.16 Å². The maximum atomic E-state index is 13.1. The molecule has 1 N–H and O–H groups in total. The van der Waals surface area contributed by atoms with Gasteiger partial charge in [-0.2, -0.15) is 11.8 Å². The van der Waals surface area contributed by atoms with Gasteiger partial charge < -0.3 is 9.94 Å². The molecule has 0 amide bonds. The van der Waals surface area contributed by atoms with Gasteiger partial charge in [0.25, 0.3) is 0 Å². The number of hydrogen-bond acceptors (Lipinski definition) is 4. The Morgan fingerprint density at radius 2 is 2.29 bits per heavy atom. The Bertz CT molecular complexity index is 396. The van der Waals surface area contributed by atoms with Crippen LogP contribution in [0.1, 0.15) is 18.9 Å². The third-order valence-electron chi connectivity index (χ3n) is 2.23. The van der Waals surface area contributed by atoms with Gasteiger partial charge in [-0.1, -0.05) is 5.16 Å². The summed E-state index contributed by atoms with van der Waals surface area (Å²) >= 11 is 1.74. The van der Waals surface area contributed by atoms with Crippen LogP contribution in [0, 0.1) is 5.82 Å². The molecule has 0 saturated heterocycles. The number of hydrogen-bond donors (Lipinski definition) is 1. The predicted octanol–water partition coefficient (Wildman–Crippen LogP) is 3.16. The van der Waals surface area contributed by atoms with Crippen molar-refractivity contribution < 1.29 is 14.3 Å². The molecule has 0 radical (unpaired) electrons. The van der Waals surface area contributed by atoms with Crippen molar-refractivity contribution in [3.05, 3.63) is 29.6 Å². The maximum absolute atomic E-state index is 13.1. The summed E-state index contributed by atoms with van der Waals surface area (Å²) in [4.78, 5) is 0. The van der Waals surface area contributed by atoms with Crippen LogP contribution in [-0.4, -0.2) is 29.5 Å². The quantitative estimate of drug-likeness (QED) is 0.368. The summed E-state index contributed by atoms with van der Waals surface area (Å²) in [6.45, 7) is 2.16. The minimum atomic E-state index is -0.362. The molecule has 1 aromatic rings. The summed E-state index contributed by atoms with van der Waals surface area (Å²) in [5, 5.41) is 11.8. The number of nitrogens with zero attached hydrogens (tertiary/aromatic N) is 1. The summed E-state index contributed by atoms with van der Waals surface area (Å²) in [5.74, 6) is 1.05. The topological polar surface area (TPSA) is 41.8 Å². The van der Waals surface area contributed by atoms with Gasteiger partial charge in [-0.15, -0.1) is 0 Å².